The zero-order chi connectivity index (χ0) is 25.2. The lowest BCUT2D eigenvalue weighted by Gasteiger charge is -2.49. The van der Waals surface area contributed by atoms with Gasteiger partial charge in [-0.3, -0.25) is 19.3 Å². The Bertz CT molecular complexity index is 1090. The predicted molar refractivity (Wildman–Crippen MR) is 111 cm³/mol. The quantitative estimate of drug-likeness (QED) is 0.186. The third-order valence-corrected chi connectivity index (χ3v) is 6.36. The summed E-state index contributed by atoms with van der Waals surface area (Å²) >= 11 is 2.00. The zero-order valence-corrected chi connectivity index (χ0v) is 18.8. The molecule has 1 aromatic rings. The Morgan fingerprint density at radius 2 is 2.12 bits per heavy atom. The van der Waals surface area contributed by atoms with Gasteiger partial charge in [0.05, 0.1) is 0 Å². The largest absolute Gasteiger partial charge is 0.477 e. The van der Waals surface area contributed by atoms with Crippen LogP contribution >= 0.6 is 23.1 Å². The number of oxime groups is 1. The molecular formula is C17H16F3N5O7S2. The minimum Gasteiger partial charge on any atom is -0.477 e. The van der Waals surface area contributed by atoms with E-state index in [0.29, 0.717) is 0 Å². The van der Waals surface area contributed by atoms with Gasteiger partial charge >= 0.3 is 18.1 Å². The van der Waals surface area contributed by atoms with Gasteiger partial charge in [-0.2, -0.15) is 13.2 Å². The Kier molecular flexibility index (Phi) is 7.35. The molecule has 0 spiro atoms. The molecule has 4 N–H and O–H groups in total. The van der Waals surface area contributed by atoms with E-state index in [-0.39, 0.29) is 34.5 Å². The van der Waals surface area contributed by atoms with E-state index in [4.69, 9.17) is 10.5 Å². The van der Waals surface area contributed by atoms with Crippen molar-refractivity contribution in [1.29, 1.82) is 0 Å². The minimum absolute atomic E-state index is 0.0107. The van der Waals surface area contributed by atoms with Gasteiger partial charge in [0.25, 0.3) is 11.8 Å². The molecule has 12 nitrogen and oxygen atoms in total. The van der Waals surface area contributed by atoms with Gasteiger partial charge in [-0.25, -0.2) is 9.78 Å². The van der Waals surface area contributed by atoms with Crippen molar-refractivity contribution in [2.45, 2.75) is 24.5 Å². The van der Waals surface area contributed by atoms with Gasteiger partial charge in [0, 0.05) is 23.6 Å². The SMILES string of the molecule is CC(=O)OCC1=C(C(=O)O)N2C(=O)[C@@H](NC(=O)C(=NOCC(F)(F)F)c3csc(N)n3)[C@H]2SC1. The van der Waals surface area contributed by atoms with Crippen molar-refractivity contribution < 1.29 is 47.0 Å². The summed E-state index contributed by atoms with van der Waals surface area (Å²) in [5.74, 6) is -3.82. The van der Waals surface area contributed by atoms with Crippen LogP contribution in [0.4, 0.5) is 18.3 Å². The van der Waals surface area contributed by atoms with Crippen LogP contribution in [0, 0.1) is 0 Å². The molecule has 17 heteroatoms. The highest BCUT2D eigenvalue weighted by molar-refractivity contribution is 8.00. The highest BCUT2D eigenvalue weighted by atomic mass is 32.2. The molecule has 0 unspecified atom stereocenters. The van der Waals surface area contributed by atoms with Crippen molar-refractivity contribution in [2.24, 2.45) is 5.16 Å². The molecule has 3 heterocycles. The molecule has 2 aliphatic rings. The number of rotatable bonds is 8. The fourth-order valence-electron chi connectivity index (χ4n) is 2.96. The van der Waals surface area contributed by atoms with Gasteiger partial charge in [0.2, 0.25) is 6.61 Å². The van der Waals surface area contributed by atoms with Crippen LogP contribution in [0.15, 0.2) is 21.8 Å². The van der Waals surface area contributed by atoms with Crippen molar-refractivity contribution in [3.05, 3.63) is 22.3 Å². The molecule has 1 fully saturated rings. The van der Waals surface area contributed by atoms with E-state index in [1.807, 2.05) is 0 Å². The van der Waals surface area contributed by atoms with Gasteiger partial charge in [-0.15, -0.1) is 23.1 Å². The number of aromatic nitrogens is 1. The predicted octanol–water partition coefficient (Wildman–Crippen LogP) is 0.310. The molecule has 0 bridgehead atoms. The maximum Gasteiger partial charge on any atom is 0.425 e. The van der Waals surface area contributed by atoms with Crippen LogP contribution in [0.1, 0.15) is 12.6 Å². The van der Waals surface area contributed by atoms with Crippen molar-refractivity contribution in [1.82, 2.24) is 15.2 Å². The number of thioether (sulfide) groups is 1. The van der Waals surface area contributed by atoms with Gasteiger partial charge in [0.15, 0.2) is 10.8 Å². The number of carbonyl (C=O) groups is 4. The summed E-state index contributed by atoms with van der Waals surface area (Å²) in [5.41, 5.74) is 4.52. The first-order chi connectivity index (χ1) is 15.9. The number of hydrogen-bond acceptors (Lipinski definition) is 11. The highest BCUT2D eigenvalue weighted by Gasteiger charge is 2.54. The smallest absolute Gasteiger partial charge is 0.425 e. The number of nitrogens with one attached hydrogen (secondary N) is 1. The van der Waals surface area contributed by atoms with E-state index in [2.05, 4.69) is 20.3 Å². The Labute approximate surface area is 196 Å². The van der Waals surface area contributed by atoms with Crippen LogP contribution < -0.4 is 11.1 Å². The van der Waals surface area contributed by atoms with Crippen molar-refractivity contribution >= 4 is 57.7 Å². The number of amides is 2. The number of nitrogen functional groups attached to an aromatic ring is 1. The number of hydrogen-bond donors (Lipinski definition) is 3. The van der Waals surface area contributed by atoms with Crippen LogP contribution in [0.25, 0.3) is 0 Å². The summed E-state index contributed by atoms with van der Waals surface area (Å²) in [6.45, 7) is -0.945. The number of nitrogens with two attached hydrogens (primary N) is 1. The summed E-state index contributed by atoms with van der Waals surface area (Å²) in [6.07, 6.45) is -4.71. The maximum absolute atomic E-state index is 12.7. The number of ether oxygens (including phenoxy) is 1. The Morgan fingerprint density at radius 3 is 2.68 bits per heavy atom. The number of aliphatic carboxylic acids is 1. The molecule has 0 aliphatic carbocycles. The number of nitrogens with zero attached hydrogens (tertiary/aromatic N) is 3. The molecule has 1 aromatic heterocycles. The third kappa shape index (κ3) is 5.58. The maximum atomic E-state index is 12.7. The molecule has 1 saturated heterocycles. The fourth-order valence-corrected chi connectivity index (χ4v) is 4.84. The number of fused-ring (bicyclic) bond motifs is 1. The topological polar surface area (TPSA) is 174 Å². The molecule has 3 rings (SSSR count). The first kappa shape index (κ1) is 25.3. The number of β-lactam (4-membered cyclic amide) rings is 1. The lowest BCUT2D eigenvalue weighted by Crippen LogP contribution is -2.71. The first-order valence-electron chi connectivity index (χ1n) is 9.21. The molecular weight excluding hydrogens is 507 g/mol. The fraction of sp³-hybridized carbons (Fsp3) is 0.412. The second kappa shape index (κ2) is 9.88. The standard InChI is InChI=1S/C17H16F3N5O7S2/c1-6(26)31-2-7-3-33-14-10(13(28)25(14)11(7)15(29)30)23-12(27)9(8-4-34-16(21)22-8)24-32-5-17(18,19)20/h4,10,14H,2-3,5H2,1H3,(H2,21,22)(H,23,27)(H,29,30)/t10-,14-/m1/s1. The summed E-state index contributed by atoms with van der Waals surface area (Å²) in [5, 5.41) is 15.6. The Hall–Kier alpha value is -3.34. The van der Waals surface area contributed by atoms with Crippen LogP contribution in [0.3, 0.4) is 0 Å². The number of esters is 1. The van der Waals surface area contributed by atoms with Crippen LogP contribution in [0.2, 0.25) is 0 Å². The molecule has 184 valence electrons. The zero-order valence-electron chi connectivity index (χ0n) is 17.1. The second-order valence-electron chi connectivity index (χ2n) is 6.80. The van der Waals surface area contributed by atoms with Crippen molar-refractivity contribution in [2.75, 3.05) is 24.7 Å². The van der Waals surface area contributed by atoms with Gasteiger partial charge in [-0.1, -0.05) is 5.16 Å². The molecule has 34 heavy (non-hydrogen) atoms. The van der Waals surface area contributed by atoms with Gasteiger partial charge in [0.1, 0.15) is 29.4 Å². The highest BCUT2D eigenvalue weighted by Crippen LogP contribution is 2.40. The Balaban J connectivity index is 1.78. The van der Waals surface area contributed by atoms with Crippen LogP contribution in [-0.4, -0.2) is 81.0 Å². The lowest BCUT2D eigenvalue weighted by molar-refractivity contribution is -0.174. The average Bonchev–Trinajstić information content (AvgIpc) is 3.17. The van der Waals surface area contributed by atoms with E-state index in [1.54, 1.807) is 0 Å². The molecule has 2 amide bonds. The summed E-state index contributed by atoms with van der Waals surface area (Å²) in [6, 6.07) is -1.20. The number of carbonyl (C=O) groups excluding carboxylic acids is 3. The monoisotopic (exact) mass is 523 g/mol. The van der Waals surface area contributed by atoms with E-state index >= 15 is 0 Å². The Morgan fingerprint density at radius 1 is 1.41 bits per heavy atom. The number of thiazole rings is 1. The average molecular weight is 523 g/mol. The summed E-state index contributed by atoms with van der Waals surface area (Å²) in [4.78, 5) is 57.2. The molecule has 0 aromatic carbocycles. The van der Waals surface area contributed by atoms with Crippen molar-refractivity contribution in [3.8, 4) is 0 Å². The lowest BCUT2D eigenvalue weighted by atomic mass is 10.0. The number of halogens is 3. The van der Waals surface area contributed by atoms with E-state index in [9.17, 15) is 37.5 Å². The third-order valence-electron chi connectivity index (χ3n) is 4.35. The number of carboxylic acids is 1. The minimum atomic E-state index is -4.71. The normalized spacial score (nSPS) is 20.4. The molecule has 2 atom stereocenters. The molecule has 0 saturated carbocycles. The van der Waals surface area contributed by atoms with Crippen LogP contribution in [0.5, 0.6) is 0 Å². The molecule has 0 radical (unpaired) electrons. The second-order valence-corrected chi connectivity index (χ2v) is 8.79. The van der Waals surface area contributed by atoms with E-state index in [0.717, 1.165) is 34.9 Å². The number of alkyl halides is 3. The van der Waals surface area contributed by atoms with Gasteiger partial charge < -0.3 is 25.7 Å². The summed E-state index contributed by atoms with van der Waals surface area (Å²) < 4.78 is 42.0. The van der Waals surface area contributed by atoms with Gasteiger partial charge in [-0.05, 0) is 0 Å². The first-order valence-corrected chi connectivity index (χ1v) is 11.1. The van der Waals surface area contributed by atoms with E-state index < -0.39 is 53.7 Å². The van der Waals surface area contributed by atoms with Crippen LogP contribution in [-0.2, 0) is 28.8 Å². The number of carboxylic acid groups (broad SMARTS) is 1. The number of anilines is 1. The van der Waals surface area contributed by atoms with E-state index in [1.165, 1.54) is 5.38 Å². The molecule has 2 aliphatic heterocycles. The van der Waals surface area contributed by atoms with Crippen molar-refractivity contribution in [3.63, 3.8) is 0 Å². The summed E-state index contributed by atoms with van der Waals surface area (Å²) in [7, 11) is 0.